The average molecular weight is 363 g/mol. The van der Waals surface area contributed by atoms with Crippen LogP contribution < -0.4 is 0 Å². The summed E-state index contributed by atoms with van der Waals surface area (Å²) in [5, 5.41) is 0. The molecule has 3 aromatic rings. The van der Waals surface area contributed by atoms with E-state index in [1.165, 1.54) is 44.5 Å². The molecule has 138 valence electrons. The zero-order valence-electron chi connectivity index (χ0n) is 16.9. The van der Waals surface area contributed by atoms with Gasteiger partial charge in [0.05, 0.1) is 0 Å². The summed E-state index contributed by atoms with van der Waals surface area (Å²) < 4.78 is 0. The van der Waals surface area contributed by atoms with Crippen LogP contribution in [0.4, 0.5) is 0 Å². The Morgan fingerprint density at radius 2 is 1.54 bits per heavy atom. The summed E-state index contributed by atoms with van der Waals surface area (Å²) >= 11 is 0. The van der Waals surface area contributed by atoms with Crippen LogP contribution in [0.15, 0.2) is 72.8 Å². The Bertz CT molecular complexity index is 1100. The van der Waals surface area contributed by atoms with E-state index in [-0.39, 0.29) is 5.41 Å². The first-order valence-electron chi connectivity index (χ1n) is 10.2. The van der Waals surface area contributed by atoms with Crippen molar-refractivity contribution in [2.45, 2.75) is 38.5 Å². The predicted octanol–water partition coefficient (Wildman–Crippen LogP) is 7.24. The fraction of sp³-hybridized carbons (Fsp3) is 0.214. The summed E-state index contributed by atoms with van der Waals surface area (Å²) in [5.74, 6) is 0.300. The van der Waals surface area contributed by atoms with E-state index in [4.69, 9.17) is 0 Å². The van der Waals surface area contributed by atoms with Crippen molar-refractivity contribution in [1.29, 1.82) is 0 Å². The second-order valence-corrected chi connectivity index (χ2v) is 9.02. The molecule has 2 aliphatic rings. The lowest BCUT2D eigenvalue weighted by Crippen LogP contribution is -2.11. The van der Waals surface area contributed by atoms with Crippen molar-refractivity contribution in [3.63, 3.8) is 0 Å². The maximum atomic E-state index is 2.39. The molecule has 0 spiro atoms. The second-order valence-electron chi connectivity index (χ2n) is 9.02. The average Bonchev–Trinajstić information content (AvgIpc) is 3.32. The molecular formula is C28H26. The summed E-state index contributed by atoms with van der Waals surface area (Å²) in [6.07, 6.45) is 8.05. The van der Waals surface area contributed by atoms with Crippen LogP contribution in [-0.2, 0) is 11.8 Å². The minimum Gasteiger partial charge on any atom is -0.0795 e. The van der Waals surface area contributed by atoms with E-state index in [9.17, 15) is 0 Å². The maximum absolute atomic E-state index is 2.39. The molecule has 0 aromatic heterocycles. The number of hydrogen-bond acceptors (Lipinski definition) is 0. The predicted molar refractivity (Wildman–Crippen MR) is 120 cm³/mol. The van der Waals surface area contributed by atoms with Gasteiger partial charge in [-0.3, -0.25) is 0 Å². The highest BCUT2D eigenvalue weighted by Crippen LogP contribution is 2.48. The highest BCUT2D eigenvalue weighted by Gasteiger charge is 2.30. The third kappa shape index (κ3) is 2.76. The molecule has 0 heteroatoms. The smallest absolute Gasteiger partial charge is 0.0358 e. The Labute approximate surface area is 168 Å². The van der Waals surface area contributed by atoms with E-state index in [2.05, 4.69) is 106 Å². The van der Waals surface area contributed by atoms with Crippen molar-refractivity contribution in [2.24, 2.45) is 0 Å². The lowest BCUT2D eigenvalue weighted by atomic mass is 9.81. The van der Waals surface area contributed by atoms with Crippen LogP contribution in [0.25, 0.3) is 17.7 Å². The fourth-order valence-corrected chi connectivity index (χ4v) is 4.64. The van der Waals surface area contributed by atoms with Gasteiger partial charge >= 0.3 is 0 Å². The number of benzene rings is 3. The molecule has 0 radical (unpaired) electrons. The van der Waals surface area contributed by atoms with Gasteiger partial charge in [0, 0.05) is 5.92 Å². The van der Waals surface area contributed by atoms with Crippen LogP contribution in [0.2, 0.25) is 0 Å². The van der Waals surface area contributed by atoms with Crippen LogP contribution in [-0.4, -0.2) is 0 Å². The van der Waals surface area contributed by atoms with Crippen molar-refractivity contribution < 1.29 is 0 Å². The van der Waals surface area contributed by atoms with E-state index in [0.717, 1.165) is 6.42 Å². The summed E-state index contributed by atoms with van der Waals surface area (Å²) in [7, 11) is 0. The Balaban J connectivity index is 1.65. The summed E-state index contributed by atoms with van der Waals surface area (Å²) in [4.78, 5) is 0. The monoisotopic (exact) mass is 362 g/mol. The van der Waals surface area contributed by atoms with Crippen LogP contribution in [0, 0.1) is 0 Å². The Morgan fingerprint density at radius 3 is 2.32 bits per heavy atom. The largest absolute Gasteiger partial charge is 0.0795 e. The van der Waals surface area contributed by atoms with Gasteiger partial charge in [-0.1, -0.05) is 99.7 Å². The van der Waals surface area contributed by atoms with E-state index >= 15 is 0 Å². The first-order chi connectivity index (χ1) is 13.5. The number of hydrogen-bond donors (Lipinski definition) is 0. The lowest BCUT2D eigenvalue weighted by Gasteiger charge is -2.22. The van der Waals surface area contributed by atoms with E-state index in [1.54, 1.807) is 0 Å². The topological polar surface area (TPSA) is 0 Å². The number of fused-ring (bicyclic) bond motifs is 2. The molecule has 0 bridgehead atoms. The fourth-order valence-electron chi connectivity index (χ4n) is 4.64. The Kier molecular flexibility index (Phi) is 3.91. The van der Waals surface area contributed by atoms with Gasteiger partial charge in [-0.05, 0) is 62.4 Å². The first kappa shape index (κ1) is 17.3. The molecule has 1 unspecified atom stereocenters. The third-order valence-corrected chi connectivity index (χ3v) is 6.18. The van der Waals surface area contributed by atoms with Crippen molar-refractivity contribution in [3.8, 4) is 0 Å². The van der Waals surface area contributed by atoms with Gasteiger partial charge in [0.25, 0.3) is 0 Å². The summed E-state index contributed by atoms with van der Waals surface area (Å²) in [6.45, 7) is 6.82. The quantitative estimate of drug-likeness (QED) is 0.451. The highest BCUT2D eigenvalue weighted by atomic mass is 14.3. The van der Waals surface area contributed by atoms with Crippen LogP contribution >= 0.6 is 0 Å². The van der Waals surface area contributed by atoms with Crippen molar-refractivity contribution >= 4 is 17.7 Å². The normalized spacial score (nSPS) is 17.4. The number of rotatable bonds is 2. The van der Waals surface area contributed by atoms with Gasteiger partial charge in [-0.2, -0.15) is 0 Å². The van der Waals surface area contributed by atoms with E-state index in [0.29, 0.717) is 5.92 Å². The lowest BCUT2D eigenvalue weighted by molar-refractivity contribution is 0.590. The van der Waals surface area contributed by atoms with Crippen LogP contribution in [0.3, 0.4) is 0 Å². The zero-order valence-corrected chi connectivity index (χ0v) is 16.9. The minimum absolute atomic E-state index is 0.177. The van der Waals surface area contributed by atoms with E-state index in [1.807, 2.05) is 0 Å². The molecule has 0 heterocycles. The molecule has 0 fully saturated rings. The molecular weight excluding hydrogens is 336 g/mol. The van der Waals surface area contributed by atoms with Crippen molar-refractivity contribution in [3.05, 3.63) is 112 Å². The molecule has 3 aromatic carbocycles. The molecule has 0 saturated carbocycles. The first-order valence-corrected chi connectivity index (χ1v) is 10.2. The van der Waals surface area contributed by atoms with Crippen LogP contribution in [0.5, 0.6) is 0 Å². The third-order valence-electron chi connectivity index (χ3n) is 6.18. The molecule has 2 aliphatic carbocycles. The van der Waals surface area contributed by atoms with Gasteiger partial charge in [-0.25, -0.2) is 0 Å². The molecule has 0 saturated heterocycles. The van der Waals surface area contributed by atoms with Gasteiger partial charge < -0.3 is 0 Å². The Morgan fingerprint density at radius 1 is 0.786 bits per heavy atom. The summed E-state index contributed by atoms with van der Waals surface area (Å²) in [5.41, 5.74) is 11.4. The molecule has 0 N–H and O–H groups in total. The van der Waals surface area contributed by atoms with Gasteiger partial charge in [0.15, 0.2) is 0 Å². The SMILES string of the molecule is CC(C)(C)c1ccc(C2=Cc3ccccc3C2c2cccc3c2C=CC3)cc1. The highest BCUT2D eigenvalue weighted by molar-refractivity contribution is 5.94. The van der Waals surface area contributed by atoms with Gasteiger partial charge in [-0.15, -0.1) is 0 Å². The standard InChI is InChI=1S/C28H26/c1-28(2,3)22-16-14-20(15-17-22)26-18-21-8-4-5-11-24(21)27(26)25-13-7-10-19-9-6-12-23(19)25/h4-8,10-18,27H,9H2,1-3H3. The summed E-state index contributed by atoms with van der Waals surface area (Å²) in [6, 6.07) is 24.9. The molecule has 5 rings (SSSR count). The van der Waals surface area contributed by atoms with Crippen LogP contribution in [0.1, 0.15) is 65.6 Å². The molecule has 0 amide bonds. The Hall–Kier alpha value is -2.86. The molecule has 1 atom stereocenters. The molecule has 28 heavy (non-hydrogen) atoms. The van der Waals surface area contributed by atoms with Gasteiger partial charge in [0.1, 0.15) is 0 Å². The van der Waals surface area contributed by atoms with E-state index < -0.39 is 0 Å². The second kappa shape index (κ2) is 6.34. The molecule has 0 aliphatic heterocycles. The maximum Gasteiger partial charge on any atom is 0.0358 e. The van der Waals surface area contributed by atoms with Crippen molar-refractivity contribution in [2.75, 3.05) is 0 Å². The molecule has 0 nitrogen and oxygen atoms in total. The van der Waals surface area contributed by atoms with Crippen molar-refractivity contribution in [1.82, 2.24) is 0 Å². The number of allylic oxidation sites excluding steroid dienone is 2. The zero-order chi connectivity index (χ0) is 19.3. The minimum atomic E-state index is 0.177. The van der Waals surface area contributed by atoms with Gasteiger partial charge in [0.2, 0.25) is 0 Å².